The fourth-order valence-electron chi connectivity index (χ4n) is 1.85. The highest BCUT2D eigenvalue weighted by molar-refractivity contribution is 6.06. The Labute approximate surface area is 117 Å². The van der Waals surface area contributed by atoms with Gasteiger partial charge in [-0.05, 0) is 36.8 Å². The van der Waals surface area contributed by atoms with Crippen molar-refractivity contribution in [1.29, 1.82) is 5.26 Å². The molecule has 1 N–H and O–H groups in total. The molecule has 0 radical (unpaired) electrons. The van der Waals surface area contributed by atoms with Crippen molar-refractivity contribution in [2.45, 2.75) is 6.92 Å². The second-order valence-electron chi connectivity index (χ2n) is 4.30. The molecule has 0 aliphatic rings. The molecule has 0 aliphatic carbocycles. The number of para-hydroxylation sites is 1. The average molecular weight is 266 g/mol. The van der Waals surface area contributed by atoms with Crippen LogP contribution in [0.5, 0.6) is 5.75 Å². The van der Waals surface area contributed by atoms with Gasteiger partial charge in [-0.15, -0.1) is 0 Å². The maximum absolute atomic E-state index is 12.3. The Kier molecular flexibility index (Phi) is 4.02. The number of benzene rings is 2. The highest BCUT2D eigenvalue weighted by Crippen LogP contribution is 2.21. The van der Waals surface area contributed by atoms with Crippen LogP contribution in [-0.2, 0) is 0 Å². The van der Waals surface area contributed by atoms with E-state index in [1.165, 1.54) is 7.11 Å². The first-order valence-corrected chi connectivity index (χ1v) is 6.11. The summed E-state index contributed by atoms with van der Waals surface area (Å²) in [6.07, 6.45) is 0. The van der Waals surface area contributed by atoms with E-state index in [0.29, 0.717) is 22.6 Å². The van der Waals surface area contributed by atoms with Crippen molar-refractivity contribution in [1.82, 2.24) is 0 Å². The first kappa shape index (κ1) is 13.6. The van der Waals surface area contributed by atoms with Gasteiger partial charge in [0, 0.05) is 5.69 Å². The third-order valence-corrected chi connectivity index (χ3v) is 2.97. The molecular formula is C16H14N2O2. The lowest BCUT2D eigenvalue weighted by molar-refractivity contribution is 0.102. The molecule has 0 atom stereocenters. The van der Waals surface area contributed by atoms with E-state index >= 15 is 0 Å². The molecule has 2 aromatic carbocycles. The summed E-state index contributed by atoms with van der Waals surface area (Å²) in [5, 5.41) is 11.7. The molecule has 20 heavy (non-hydrogen) atoms. The summed E-state index contributed by atoms with van der Waals surface area (Å²) in [5.74, 6) is 0.250. The molecule has 0 aliphatic heterocycles. The van der Waals surface area contributed by atoms with Gasteiger partial charge in [0.1, 0.15) is 5.75 Å². The smallest absolute Gasteiger partial charge is 0.259 e. The summed E-state index contributed by atoms with van der Waals surface area (Å²) in [4.78, 5) is 12.3. The minimum Gasteiger partial charge on any atom is -0.496 e. The van der Waals surface area contributed by atoms with E-state index in [2.05, 4.69) is 11.4 Å². The Bertz CT molecular complexity index is 687. The Morgan fingerprint density at radius 3 is 2.70 bits per heavy atom. The van der Waals surface area contributed by atoms with E-state index in [4.69, 9.17) is 10.00 Å². The number of methoxy groups -OCH3 is 1. The molecule has 1 amide bonds. The molecule has 0 aromatic heterocycles. The van der Waals surface area contributed by atoms with Crippen molar-refractivity contribution in [2.24, 2.45) is 0 Å². The monoisotopic (exact) mass is 266 g/mol. The summed E-state index contributed by atoms with van der Waals surface area (Å²) >= 11 is 0. The van der Waals surface area contributed by atoms with Gasteiger partial charge in [0.25, 0.3) is 5.91 Å². The number of rotatable bonds is 3. The van der Waals surface area contributed by atoms with Crippen LogP contribution in [-0.4, -0.2) is 13.0 Å². The number of amides is 1. The molecule has 0 fully saturated rings. The Morgan fingerprint density at radius 2 is 2.00 bits per heavy atom. The zero-order valence-electron chi connectivity index (χ0n) is 11.3. The number of hydrogen-bond acceptors (Lipinski definition) is 3. The van der Waals surface area contributed by atoms with Crippen molar-refractivity contribution in [3.63, 3.8) is 0 Å². The SMILES string of the molecule is COc1ccccc1C(=O)Nc1cc(C#N)ccc1C. The Balaban J connectivity index is 2.30. The molecule has 0 saturated carbocycles. The van der Waals surface area contributed by atoms with E-state index in [0.717, 1.165) is 5.56 Å². The van der Waals surface area contributed by atoms with Crippen LogP contribution in [0.2, 0.25) is 0 Å². The van der Waals surface area contributed by atoms with Crippen LogP contribution in [0.1, 0.15) is 21.5 Å². The van der Waals surface area contributed by atoms with Crippen LogP contribution in [0.4, 0.5) is 5.69 Å². The number of nitrogens with zero attached hydrogens (tertiary/aromatic N) is 1. The van der Waals surface area contributed by atoms with Crippen molar-refractivity contribution in [3.05, 3.63) is 59.2 Å². The number of hydrogen-bond donors (Lipinski definition) is 1. The van der Waals surface area contributed by atoms with E-state index in [1.807, 2.05) is 6.92 Å². The lowest BCUT2D eigenvalue weighted by Crippen LogP contribution is -2.14. The largest absolute Gasteiger partial charge is 0.496 e. The van der Waals surface area contributed by atoms with Crippen molar-refractivity contribution in [3.8, 4) is 11.8 Å². The minimum absolute atomic E-state index is 0.263. The number of aryl methyl sites for hydroxylation is 1. The lowest BCUT2D eigenvalue weighted by atomic mass is 10.1. The van der Waals surface area contributed by atoms with Crippen LogP contribution in [0.25, 0.3) is 0 Å². The van der Waals surface area contributed by atoms with Crippen molar-refractivity contribution >= 4 is 11.6 Å². The summed E-state index contributed by atoms with van der Waals surface area (Å²) in [6.45, 7) is 1.87. The molecule has 0 spiro atoms. The van der Waals surface area contributed by atoms with Gasteiger partial charge in [0.05, 0.1) is 24.3 Å². The molecule has 0 bridgehead atoms. The number of anilines is 1. The highest BCUT2D eigenvalue weighted by Gasteiger charge is 2.12. The second kappa shape index (κ2) is 5.89. The quantitative estimate of drug-likeness (QED) is 0.928. The number of carbonyl (C=O) groups is 1. The topological polar surface area (TPSA) is 62.1 Å². The fourth-order valence-corrected chi connectivity index (χ4v) is 1.85. The summed E-state index contributed by atoms with van der Waals surface area (Å²) in [5.41, 5.74) is 2.48. The van der Waals surface area contributed by atoms with Crippen LogP contribution in [0, 0.1) is 18.3 Å². The Hall–Kier alpha value is -2.80. The summed E-state index contributed by atoms with van der Waals surface area (Å²) in [7, 11) is 1.52. The zero-order valence-corrected chi connectivity index (χ0v) is 11.3. The predicted octanol–water partition coefficient (Wildman–Crippen LogP) is 3.13. The van der Waals surface area contributed by atoms with Gasteiger partial charge in [-0.1, -0.05) is 18.2 Å². The number of carbonyl (C=O) groups excluding carboxylic acids is 1. The van der Waals surface area contributed by atoms with Gasteiger partial charge in [0.2, 0.25) is 0 Å². The molecule has 100 valence electrons. The first-order valence-electron chi connectivity index (χ1n) is 6.11. The van der Waals surface area contributed by atoms with Gasteiger partial charge in [-0.3, -0.25) is 4.79 Å². The van der Waals surface area contributed by atoms with E-state index in [-0.39, 0.29) is 5.91 Å². The number of nitrogens with one attached hydrogen (secondary N) is 1. The normalized spacial score (nSPS) is 9.65. The van der Waals surface area contributed by atoms with Crippen LogP contribution >= 0.6 is 0 Å². The number of nitriles is 1. The molecule has 4 heteroatoms. The lowest BCUT2D eigenvalue weighted by Gasteiger charge is -2.11. The van der Waals surface area contributed by atoms with Gasteiger partial charge in [-0.2, -0.15) is 5.26 Å². The number of ether oxygens (including phenoxy) is 1. The minimum atomic E-state index is -0.263. The van der Waals surface area contributed by atoms with E-state index in [9.17, 15) is 4.79 Å². The molecule has 0 heterocycles. The standard InChI is InChI=1S/C16H14N2O2/c1-11-7-8-12(10-17)9-14(11)18-16(19)13-5-3-4-6-15(13)20-2/h3-9H,1-2H3,(H,18,19). The third-order valence-electron chi connectivity index (χ3n) is 2.97. The van der Waals surface area contributed by atoms with Gasteiger partial charge in [-0.25, -0.2) is 0 Å². The molecule has 0 saturated heterocycles. The Morgan fingerprint density at radius 1 is 1.25 bits per heavy atom. The maximum Gasteiger partial charge on any atom is 0.259 e. The first-order chi connectivity index (χ1) is 9.65. The van der Waals surface area contributed by atoms with Crippen LogP contribution < -0.4 is 10.1 Å². The highest BCUT2D eigenvalue weighted by atomic mass is 16.5. The zero-order chi connectivity index (χ0) is 14.5. The fraction of sp³-hybridized carbons (Fsp3) is 0.125. The maximum atomic E-state index is 12.3. The second-order valence-corrected chi connectivity index (χ2v) is 4.30. The summed E-state index contributed by atoms with van der Waals surface area (Å²) in [6, 6.07) is 14.2. The molecule has 2 aromatic rings. The summed E-state index contributed by atoms with van der Waals surface area (Å²) < 4.78 is 5.17. The third kappa shape index (κ3) is 2.78. The van der Waals surface area contributed by atoms with Gasteiger partial charge in [0.15, 0.2) is 0 Å². The average Bonchev–Trinajstić information content (AvgIpc) is 2.49. The molecule has 4 nitrogen and oxygen atoms in total. The van der Waals surface area contributed by atoms with Crippen LogP contribution in [0.3, 0.4) is 0 Å². The molecular weight excluding hydrogens is 252 g/mol. The predicted molar refractivity (Wildman–Crippen MR) is 76.8 cm³/mol. The molecule has 2 rings (SSSR count). The van der Waals surface area contributed by atoms with E-state index < -0.39 is 0 Å². The van der Waals surface area contributed by atoms with Gasteiger partial charge >= 0.3 is 0 Å². The van der Waals surface area contributed by atoms with Gasteiger partial charge < -0.3 is 10.1 Å². The van der Waals surface area contributed by atoms with E-state index in [1.54, 1.807) is 42.5 Å². The van der Waals surface area contributed by atoms with Crippen molar-refractivity contribution < 1.29 is 9.53 Å². The molecule has 0 unspecified atom stereocenters. The van der Waals surface area contributed by atoms with Crippen molar-refractivity contribution in [2.75, 3.05) is 12.4 Å². The van der Waals surface area contributed by atoms with Crippen LogP contribution in [0.15, 0.2) is 42.5 Å².